The summed E-state index contributed by atoms with van der Waals surface area (Å²) >= 11 is 12.1. The lowest BCUT2D eigenvalue weighted by molar-refractivity contribution is -0.136. The Morgan fingerprint density at radius 1 is 1.00 bits per heavy atom. The number of benzene rings is 2. The monoisotopic (exact) mass is 458 g/mol. The summed E-state index contributed by atoms with van der Waals surface area (Å²) < 4.78 is 0. The van der Waals surface area contributed by atoms with Gasteiger partial charge in [-0.1, -0.05) is 35.3 Å². The molecule has 0 saturated heterocycles. The molecule has 1 heterocycles. The minimum Gasteiger partial charge on any atom is -0.481 e. The molecule has 0 aliphatic heterocycles. The minimum atomic E-state index is -1.00. The standard InChI is InChI=1S/C22H20Cl2N4O3/c1-28(2)21-17(12-19(29)30)20(24)26-18(27-21)11-13-3-9-16(10-4-13)25-22(31)14-5-7-15(23)8-6-14/h3-10H,11-12H2,1-2H3,(H,25,31)(H,29,30). The number of anilines is 2. The Kier molecular flexibility index (Phi) is 7.09. The third-order valence-corrected chi connectivity index (χ3v) is 4.98. The van der Waals surface area contributed by atoms with Crippen LogP contribution in [0.5, 0.6) is 0 Å². The lowest BCUT2D eigenvalue weighted by atomic mass is 10.1. The van der Waals surface area contributed by atoms with Gasteiger partial charge in [0.15, 0.2) is 0 Å². The van der Waals surface area contributed by atoms with Crippen LogP contribution in [0, 0.1) is 0 Å². The SMILES string of the molecule is CN(C)c1nc(Cc2ccc(NC(=O)c3ccc(Cl)cc3)cc2)nc(Cl)c1CC(=O)O. The van der Waals surface area contributed by atoms with E-state index >= 15 is 0 Å². The van der Waals surface area contributed by atoms with E-state index in [4.69, 9.17) is 28.3 Å². The summed E-state index contributed by atoms with van der Waals surface area (Å²) in [4.78, 5) is 33.9. The van der Waals surface area contributed by atoms with Crippen molar-refractivity contribution < 1.29 is 14.7 Å². The molecule has 2 N–H and O–H groups in total. The first kappa shape index (κ1) is 22.5. The quantitative estimate of drug-likeness (QED) is 0.511. The van der Waals surface area contributed by atoms with E-state index < -0.39 is 5.97 Å². The van der Waals surface area contributed by atoms with E-state index in [0.29, 0.717) is 39.9 Å². The Balaban J connectivity index is 1.74. The number of amides is 1. The molecule has 31 heavy (non-hydrogen) atoms. The number of carbonyl (C=O) groups is 2. The number of rotatable bonds is 7. The van der Waals surface area contributed by atoms with Crippen molar-refractivity contribution in [3.63, 3.8) is 0 Å². The molecule has 0 unspecified atom stereocenters. The van der Waals surface area contributed by atoms with Crippen molar-refractivity contribution in [1.29, 1.82) is 0 Å². The first-order valence-electron chi connectivity index (χ1n) is 9.33. The molecule has 3 rings (SSSR count). The molecule has 3 aromatic rings. The fourth-order valence-electron chi connectivity index (χ4n) is 2.93. The number of nitrogens with zero attached hydrogens (tertiary/aromatic N) is 3. The maximum atomic E-state index is 12.3. The molecule has 9 heteroatoms. The second kappa shape index (κ2) is 9.76. The van der Waals surface area contributed by atoms with E-state index in [1.165, 1.54) is 0 Å². The van der Waals surface area contributed by atoms with Crippen molar-refractivity contribution in [3.8, 4) is 0 Å². The van der Waals surface area contributed by atoms with E-state index in [0.717, 1.165) is 5.56 Å². The van der Waals surface area contributed by atoms with E-state index in [1.54, 1.807) is 55.4 Å². The number of carbonyl (C=O) groups excluding carboxylic acids is 1. The van der Waals surface area contributed by atoms with Crippen LogP contribution in [-0.4, -0.2) is 41.0 Å². The Labute approximate surface area is 189 Å². The Morgan fingerprint density at radius 2 is 1.65 bits per heavy atom. The zero-order valence-electron chi connectivity index (χ0n) is 16.9. The van der Waals surface area contributed by atoms with Crippen molar-refractivity contribution in [2.24, 2.45) is 0 Å². The number of carboxylic acid groups (broad SMARTS) is 1. The average Bonchev–Trinajstić information content (AvgIpc) is 2.71. The molecule has 7 nitrogen and oxygen atoms in total. The highest BCUT2D eigenvalue weighted by atomic mass is 35.5. The van der Waals surface area contributed by atoms with Gasteiger partial charge in [-0.2, -0.15) is 0 Å². The van der Waals surface area contributed by atoms with Gasteiger partial charge in [0.2, 0.25) is 0 Å². The van der Waals surface area contributed by atoms with Crippen LogP contribution in [0.15, 0.2) is 48.5 Å². The Hall–Kier alpha value is -3.16. The molecular formula is C22H20Cl2N4O3. The molecule has 0 spiro atoms. The van der Waals surface area contributed by atoms with Crippen LogP contribution in [-0.2, 0) is 17.6 Å². The van der Waals surface area contributed by atoms with E-state index in [1.807, 2.05) is 12.1 Å². The van der Waals surface area contributed by atoms with Crippen LogP contribution in [0.3, 0.4) is 0 Å². The molecule has 1 aromatic heterocycles. The number of halogens is 2. The van der Waals surface area contributed by atoms with Gasteiger partial charge in [-0.25, -0.2) is 9.97 Å². The highest BCUT2D eigenvalue weighted by Crippen LogP contribution is 2.25. The predicted octanol–water partition coefficient (Wildman–Crippen LogP) is 4.32. The van der Waals surface area contributed by atoms with Gasteiger partial charge in [0.05, 0.1) is 6.42 Å². The molecule has 0 aliphatic carbocycles. The van der Waals surface area contributed by atoms with Crippen LogP contribution < -0.4 is 10.2 Å². The van der Waals surface area contributed by atoms with Gasteiger partial charge < -0.3 is 15.3 Å². The zero-order valence-corrected chi connectivity index (χ0v) is 18.4. The van der Waals surface area contributed by atoms with Crippen LogP contribution in [0.1, 0.15) is 27.3 Å². The molecule has 0 saturated carbocycles. The molecule has 0 atom stereocenters. The summed E-state index contributed by atoms with van der Waals surface area (Å²) in [6.45, 7) is 0. The second-order valence-corrected chi connectivity index (χ2v) is 7.83. The fraction of sp³-hybridized carbons (Fsp3) is 0.182. The summed E-state index contributed by atoms with van der Waals surface area (Å²) in [5.74, 6) is -0.285. The number of aliphatic carboxylic acids is 1. The first-order valence-corrected chi connectivity index (χ1v) is 10.1. The lowest BCUT2D eigenvalue weighted by Crippen LogP contribution is -2.18. The van der Waals surface area contributed by atoms with Crippen LogP contribution in [0.2, 0.25) is 10.2 Å². The van der Waals surface area contributed by atoms with Crippen molar-refractivity contribution >= 4 is 46.6 Å². The summed E-state index contributed by atoms with van der Waals surface area (Å²) in [7, 11) is 3.54. The maximum absolute atomic E-state index is 12.3. The van der Waals surface area contributed by atoms with Gasteiger partial charge >= 0.3 is 5.97 Å². The molecule has 0 bridgehead atoms. The van der Waals surface area contributed by atoms with Crippen molar-refractivity contribution in [2.75, 3.05) is 24.3 Å². The normalized spacial score (nSPS) is 10.6. The summed E-state index contributed by atoms with van der Waals surface area (Å²) in [5.41, 5.74) is 2.45. The largest absolute Gasteiger partial charge is 0.481 e. The number of aromatic nitrogens is 2. The van der Waals surface area contributed by atoms with Crippen LogP contribution in [0.4, 0.5) is 11.5 Å². The van der Waals surface area contributed by atoms with E-state index in [-0.39, 0.29) is 17.5 Å². The number of hydrogen-bond acceptors (Lipinski definition) is 5. The molecule has 0 aliphatic rings. The first-order chi connectivity index (χ1) is 14.7. The third kappa shape index (κ3) is 5.93. The van der Waals surface area contributed by atoms with Crippen molar-refractivity contribution in [1.82, 2.24) is 9.97 Å². The van der Waals surface area contributed by atoms with Crippen molar-refractivity contribution in [2.45, 2.75) is 12.8 Å². The Bertz CT molecular complexity index is 1100. The maximum Gasteiger partial charge on any atom is 0.308 e. The summed E-state index contributed by atoms with van der Waals surface area (Å²) in [6, 6.07) is 13.9. The minimum absolute atomic E-state index is 0.128. The highest BCUT2D eigenvalue weighted by molar-refractivity contribution is 6.31. The molecule has 0 radical (unpaired) electrons. The average molecular weight is 459 g/mol. The molecule has 1 amide bonds. The highest BCUT2D eigenvalue weighted by Gasteiger charge is 2.17. The summed E-state index contributed by atoms with van der Waals surface area (Å²) in [6.07, 6.45) is 0.147. The lowest BCUT2D eigenvalue weighted by Gasteiger charge is -2.17. The Morgan fingerprint density at radius 3 is 2.23 bits per heavy atom. The molecule has 2 aromatic carbocycles. The topological polar surface area (TPSA) is 95.4 Å². The second-order valence-electron chi connectivity index (χ2n) is 7.03. The predicted molar refractivity (Wildman–Crippen MR) is 121 cm³/mol. The van der Waals surface area contributed by atoms with E-state index in [2.05, 4.69) is 15.3 Å². The number of hydrogen-bond donors (Lipinski definition) is 2. The van der Waals surface area contributed by atoms with Gasteiger partial charge in [0.25, 0.3) is 5.91 Å². The van der Waals surface area contributed by atoms with E-state index in [9.17, 15) is 9.59 Å². The van der Waals surface area contributed by atoms with Gasteiger partial charge in [-0.3, -0.25) is 9.59 Å². The van der Waals surface area contributed by atoms with Gasteiger partial charge in [-0.15, -0.1) is 0 Å². The zero-order chi connectivity index (χ0) is 22.5. The summed E-state index contributed by atoms with van der Waals surface area (Å²) in [5, 5.41) is 12.6. The fourth-order valence-corrected chi connectivity index (χ4v) is 3.31. The van der Waals surface area contributed by atoms with Crippen LogP contribution >= 0.6 is 23.2 Å². The molecule has 160 valence electrons. The van der Waals surface area contributed by atoms with Crippen LogP contribution in [0.25, 0.3) is 0 Å². The van der Waals surface area contributed by atoms with Crippen molar-refractivity contribution in [3.05, 3.63) is 81.2 Å². The third-order valence-electron chi connectivity index (χ3n) is 4.41. The molecular weight excluding hydrogens is 439 g/mol. The smallest absolute Gasteiger partial charge is 0.308 e. The number of nitrogens with one attached hydrogen (secondary N) is 1. The number of carboxylic acids is 1. The molecule has 0 fully saturated rings. The van der Waals surface area contributed by atoms with Gasteiger partial charge in [-0.05, 0) is 42.0 Å². The van der Waals surface area contributed by atoms with Gasteiger partial charge in [0.1, 0.15) is 16.8 Å². The van der Waals surface area contributed by atoms with Gasteiger partial charge in [0, 0.05) is 42.4 Å².